The van der Waals surface area contributed by atoms with Crippen molar-refractivity contribution in [3.63, 3.8) is 0 Å². The molecule has 2 heterocycles. The number of carboxylic acid groups (broad SMARTS) is 1. The van der Waals surface area contributed by atoms with Gasteiger partial charge < -0.3 is 14.9 Å². The monoisotopic (exact) mass is 658 g/mol. The van der Waals surface area contributed by atoms with E-state index < -0.39 is 68.8 Å². The molecule has 0 bridgehead atoms. The molecular weight excluding hydrogens is 630 g/mol. The van der Waals surface area contributed by atoms with Crippen molar-refractivity contribution in [2.24, 2.45) is 17.8 Å². The van der Waals surface area contributed by atoms with Gasteiger partial charge >= 0.3 is 5.97 Å². The zero-order valence-corrected chi connectivity index (χ0v) is 25.6. The number of phenolic OH excluding ortho intramolecular Hbond substituents is 1. The number of anilines is 1. The van der Waals surface area contributed by atoms with Crippen molar-refractivity contribution >= 4 is 58.5 Å². The lowest BCUT2D eigenvalue weighted by molar-refractivity contribution is -0.142. The summed E-state index contributed by atoms with van der Waals surface area (Å²) >= 11 is 14.6. The molecule has 0 aromatic heterocycles. The number of imide groups is 2. The number of fused-ring (bicyclic) bond motifs is 4. The van der Waals surface area contributed by atoms with E-state index in [0.717, 1.165) is 21.9 Å². The molecule has 236 valence electrons. The highest BCUT2D eigenvalue weighted by atomic mass is 35.5. The van der Waals surface area contributed by atoms with Gasteiger partial charge in [-0.05, 0) is 74.1 Å². The predicted octanol–water partition coefficient (Wildman–Crippen LogP) is 4.36. The Morgan fingerprint density at radius 2 is 1.76 bits per heavy atom. The summed E-state index contributed by atoms with van der Waals surface area (Å²) < 4.78 is 19.4. The van der Waals surface area contributed by atoms with E-state index in [1.807, 2.05) is 0 Å². The molecule has 4 amide bonds. The van der Waals surface area contributed by atoms with Crippen LogP contribution in [0.25, 0.3) is 0 Å². The first-order valence-corrected chi connectivity index (χ1v) is 15.4. The van der Waals surface area contributed by atoms with Gasteiger partial charge in [0.25, 0.3) is 11.8 Å². The van der Waals surface area contributed by atoms with Crippen LogP contribution in [-0.2, 0) is 24.0 Å². The molecule has 13 heteroatoms. The van der Waals surface area contributed by atoms with Gasteiger partial charge in [-0.3, -0.25) is 28.9 Å². The van der Waals surface area contributed by atoms with E-state index in [0.29, 0.717) is 11.1 Å². The summed E-state index contributed by atoms with van der Waals surface area (Å²) in [6.45, 7) is 1.87. The molecule has 6 atom stereocenters. The van der Waals surface area contributed by atoms with E-state index in [2.05, 4.69) is 0 Å². The highest BCUT2D eigenvalue weighted by Gasteiger charge is 2.76. The Kier molecular flexibility index (Phi) is 7.68. The fraction of sp³-hybridized carbons (Fsp3) is 0.406. The topological polar surface area (TPSA) is 142 Å². The van der Waals surface area contributed by atoms with Gasteiger partial charge in [-0.15, -0.1) is 23.2 Å². The summed E-state index contributed by atoms with van der Waals surface area (Å²) in [6, 6.07) is 9.15. The Hall–Kier alpha value is -3.96. The largest absolute Gasteiger partial charge is 0.504 e. The quantitative estimate of drug-likeness (QED) is 0.242. The van der Waals surface area contributed by atoms with Gasteiger partial charge in [-0.25, -0.2) is 9.29 Å². The number of benzene rings is 2. The highest BCUT2D eigenvalue weighted by Crippen LogP contribution is 2.66. The van der Waals surface area contributed by atoms with Crippen LogP contribution in [0.4, 0.5) is 10.1 Å². The van der Waals surface area contributed by atoms with Gasteiger partial charge in [0.15, 0.2) is 21.2 Å². The van der Waals surface area contributed by atoms with Crippen LogP contribution in [0.5, 0.6) is 11.5 Å². The van der Waals surface area contributed by atoms with Crippen LogP contribution in [-0.4, -0.2) is 67.6 Å². The minimum atomic E-state index is -2.12. The summed E-state index contributed by atoms with van der Waals surface area (Å²) in [5, 5.41) is 19.5. The van der Waals surface area contributed by atoms with Crippen molar-refractivity contribution < 1.29 is 43.3 Å². The van der Waals surface area contributed by atoms with Crippen molar-refractivity contribution in [3.05, 3.63) is 65.5 Å². The number of aliphatic carboxylic acids is 1. The van der Waals surface area contributed by atoms with Crippen molar-refractivity contribution in [1.29, 1.82) is 0 Å². The normalized spacial score (nSPS) is 30.6. The molecule has 3 fully saturated rings. The average molecular weight is 659 g/mol. The maximum Gasteiger partial charge on any atom is 0.303 e. The molecular formula is C32H29Cl2FN2O8. The summed E-state index contributed by atoms with van der Waals surface area (Å²) in [5.41, 5.74) is 1.00. The average Bonchev–Trinajstić information content (AvgIpc) is 3.32. The van der Waals surface area contributed by atoms with Gasteiger partial charge in [0.1, 0.15) is 5.82 Å². The molecule has 4 aliphatic rings. The number of aromatic hydroxyl groups is 1. The Morgan fingerprint density at radius 3 is 2.42 bits per heavy atom. The van der Waals surface area contributed by atoms with E-state index in [-0.39, 0.29) is 56.0 Å². The van der Waals surface area contributed by atoms with Crippen molar-refractivity contribution in [2.45, 2.75) is 48.3 Å². The summed E-state index contributed by atoms with van der Waals surface area (Å²) in [7, 11) is 0. The molecule has 0 unspecified atom stereocenters. The summed E-state index contributed by atoms with van der Waals surface area (Å²) in [4.78, 5) is 64.7. The van der Waals surface area contributed by atoms with Crippen LogP contribution in [0, 0.1) is 23.6 Å². The number of nitrogens with zero attached hydrogens (tertiary/aromatic N) is 2. The second-order valence-corrected chi connectivity index (χ2v) is 13.0. The standard InChI is InChI=1S/C32H29Cl2FN2O8/c1-2-45-23-14-16(5-12-22(23)38)26-19-10-11-20-25(28(42)36(27(20)41)13-3-4-24(39)40)21(19)15-31(33)29(43)37(30(44)32(26,31)34)18-8-6-17(35)7-9-18/h5-10,12,14,20-21,25-26,38H,2-4,11,13,15H2,1H3,(H,39,40)/t20-,21+,25-,26-,31+,32-/m0/s1. The van der Waals surface area contributed by atoms with E-state index in [9.17, 15) is 33.5 Å². The summed E-state index contributed by atoms with van der Waals surface area (Å²) in [6.07, 6.45) is 1.53. The van der Waals surface area contributed by atoms with E-state index in [1.165, 1.54) is 30.3 Å². The van der Waals surface area contributed by atoms with Crippen LogP contribution in [0.15, 0.2) is 54.1 Å². The molecule has 2 saturated heterocycles. The number of halogens is 3. The maximum atomic E-state index is 14.4. The Labute approximate surface area is 267 Å². The van der Waals surface area contributed by atoms with Gasteiger partial charge in [0.05, 0.1) is 24.1 Å². The third-order valence-electron chi connectivity index (χ3n) is 9.38. The zero-order valence-electron chi connectivity index (χ0n) is 24.0. The van der Waals surface area contributed by atoms with Crippen LogP contribution < -0.4 is 9.64 Å². The predicted molar refractivity (Wildman–Crippen MR) is 159 cm³/mol. The van der Waals surface area contributed by atoms with Gasteiger partial charge in [0, 0.05) is 18.9 Å². The number of phenols is 1. The van der Waals surface area contributed by atoms with Crippen molar-refractivity contribution in [1.82, 2.24) is 4.90 Å². The number of carboxylic acids is 1. The molecule has 10 nitrogen and oxygen atoms in total. The number of likely N-dealkylation sites (tertiary alicyclic amines) is 1. The van der Waals surface area contributed by atoms with Gasteiger partial charge in [-0.1, -0.05) is 17.7 Å². The highest BCUT2D eigenvalue weighted by molar-refractivity contribution is 6.58. The minimum absolute atomic E-state index is 0.0619. The number of hydrogen-bond acceptors (Lipinski definition) is 7. The lowest BCUT2D eigenvalue weighted by Crippen LogP contribution is -2.60. The molecule has 0 spiro atoms. The molecule has 0 radical (unpaired) electrons. The Morgan fingerprint density at radius 1 is 1.04 bits per heavy atom. The van der Waals surface area contributed by atoms with Crippen molar-refractivity contribution in [3.8, 4) is 11.5 Å². The lowest BCUT2D eigenvalue weighted by Gasteiger charge is -2.50. The third kappa shape index (κ3) is 4.53. The number of hydrogen-bond donors (Lipinski definition) is 2. The molecule has 45 heavy (non-hydrogen) atoms. The number of amides is 4. The third-order valence-corrected chi connectivity index (χ3v) is 10.8. The number of ether oxygens (including phenoxy) is 1. The molecule has 2 aliphatic heterocycles. The fourth-order valence-corrected chi connectivity index (χ4v) is 8.36. The van der Waals surface area contributed by atoms with Crippen LogP contribution >= 0.6 is 23.2 Å². The maximum absolute atomic E-state index is 14.4. The zero-order chi connectivity index (χ0) is 32.4. The number of carbonyl (C=O) groups is 5. The molecule has 2 aliphatic carbocycles. The molecule has 2 N–H and O–H groups in total. The van der Waals surface area contributed by atoms with E-state index in [1.54, 1.807) is 13.0 Å². The smallest absolute Gasteiger partial charge is 0.303 e. The van der Waals surface area contributed by atoms with Gasteiger partial charge in [-0.2, -0.15) is 0 Å². The Balaban J connectivity index is 1.49. The Bertz CT molecular complexity index is 1660. The van der Waals surface area contributed by atoms with Crippen LogP contribution in [0.3, 0.4) is 0 Å². The summed E-state index contributed by atoms with van der Waals surface area (Å²) in [5.74, 6) is -7.87. The number of alkyl halides is 2. The molecule has 1 saturated carbocycles. The minimum Gasteiger partial charge on any atom is -0.504 e. The second kappa shape index (κ2) is 11.1. The molecule has 2 aromatic rings. The van der Waals surface area contributed by atoms with Crippen molar-refractivity contribution in [2.75, 3.05) is 18.1 Å². The number of rotatable bonds is 8. The lowest BCUT2D eigenvalue weighted by atomic mass is 9.56. The first-order valence-electron chi connectivity index (χ1n) is 14.6. The molecule has 2 aromatic carbocycles. The van der Waals surface area contributed by atoms with Gasteiger partial charge in [0.2, 0.25) is 11.8 Å². The fourth-order valence-electron chi connectivity index (χ4n) is 7.43. The first-order chi connectivity index (χ1) is 21.3. The van der Waals surface area contributed by atoms with Crippen LogP contribution in [0.2, 0.25) is 0 Å². The number of carbonyl (C=O) groups excluding carboxylic acids is 4. The molecule has 6 rings (SSSR count). The first kappa shape index (κ1) is 31.0. The van der Waals surface area contributed by atoms with Crippen LogP contribution in [0.1, 0.15) is 44.1 Å². The van der Waals surface area contributed by atoms with E-state index >= 15 is 0 Å². The second-order valence-electron chi connectivity index (χ2n) is 11.7. The SMILES string of the molecule is CCOc1cc([C@H]2C3=CC[C@@H]4C(=O)N(CCCC(=O)O)C(=O)[C@@H]4[C@@H]3C[C@@]3(Cl)C(=O)N(c4ccc(F)cc4)C(=O)[C@@]23Cl)ccc1O. The number of allylic oxidation sites excluding steroid dienone is 2. The van der Waals surface area contributed by atoms with E-state index in [4.69, 9.17) is 33.0 Å².